The molecule has 0 saturated carbocycles. The maximum absolute atomic E-state index is 11.9. The highest BCUT2D eigenvalue weighted by molar-refractivity contribution is 6.35. The second-order valence-electron chi connectivity index (χ2n) is 5.17. The quantitative estimate of drug-likeness (QED) is 0.713. The second-order valence-corrected chi connectivity index (χ2v) is 5.17. The van der Waals surface area contributed by atoms with E-state index in [9.17, 15) is 9.59 Å². The molecule has 1 aliphatic rings. The van der Waals surface area contributed by atoms with Crippen molar-refractivity contribution >= 4 is 11.8 Å². The molecule has 0 aromatic carbocycles. The lowest BCUT2D eigenvalue weighted by Gasteiger charge is -2.27. The third kappa shape index (κ3) is 4.64. The number of nitrogens with zero attached hydrogens (tertiary/aromatic N) is 1. The fourth-order valence-electron chi connectivity index (χ4n) is 2.13. The minimum Gasteiger partial charge on any atom is -0.345 e. The van der Waals surface area contributed by atoms with Gasteiger partial charge in [0.2, 0.25) is 0 Å². The second kappa shape index (κ2) is 7.36. The Morgan fingerprint density at radius 3 is 2.44 bits per heavy atom. The van der Waals surface area contributed by atoms with Crippen molar-refractivity contribution in [2.45, 2.75) is 39.7 Å². The normalized spacial score (nSPS) is 19.2. The van der Waals surface area contributed by atoms with Crippen LogP contribution in [0.3, 0.4) is 0 Å². The fraction of sp³-hybridized carbons (Fsp3) is 0.846. The molecule has 1 fully saturated rings. The topological polar surface area (TPSA) is 61.4 Å². The number of hydrogen-bond donors (Lipinski definition) is 2. The summed E-state index contributed by atoms with van der Waals surface area (Å²) >= 11 is 0. The first-order chi connectivity index (χ1) is 8.54. The van der Waals surface area contributed by atoms with Crippen molar-refractivity contribution in [2.75, 3.05) is 26.2 Å². The highest BCUT2D eigenvalue weighted by Crippen LogP contribution is 2.09. The lowest BCUT2D eigenvalue weighted by molar-refractivity contribution is -0.146. The van der Waals surface area contributed by atoms with Gasteiger partial charge in [0.05, 0.1) is 0 Å². The average Bonchev–Trinajstić information content (AvgIpc) is 2.38. The first kappa shape index (κ1) is 15.0. The maximum atomic E-state index is 11.9. The number of carbonyl (C=O) groups is 2. The Hall–Kier alpha value is -1.10. The Bertz CT molecular complexity index is 288. The molecule has 0 aliphatic carbocycles. The Morgan fingerprint density at radius 1 is 1.28 bits per heavy atom. The molecule has 1 heterocycles. The van der Waals surface area contributed by atoms with Crippen molar-refractivity contribution in [1.29, 1.82) is 0 Å². The van der Waals surface area contributed by atoms with Gasteiger partial charge in [-0.05, 0) is 19.3 Å². The number of amides is 2. The van der Waals surface area contributed by atoms with E-state index in [1.165, 1.54) is 0 Å². The summed E-state index contributed by atoms with van der Waals surface area (Å²) in [5, 5.41) is 5.95. The molecule has 2 unspecified atom stereocenters. The molecule has 5 heteroatoms. The molecule has 2 amide bonds. The van der Waals surface area contributed by atoms with Crippen LogP contribution in [0.5, 0.6) is 0 Å². The van der Waals surface area contributed by atoms with Crippen LogP contribution < -0.4 is 10.6 Å². The van der Waals surface area contributed by atoms with Gasteiger partial charge in [0.1, 0.15) is 0 Å². The smallest absolute Gasteiger partial charge is 0.311 e. The predicted octanol–water partition coefficient (Wildman–Crippen LogP) is 0.359. The Morgan fingerprint density at radius 2 is 1.89 bits per heavy atom. The van der Waals surface area contributed by atoms with Crippen LogP contribution >= 0.6 is 0 Å². The van der Waals surface area contributed by atoms with Crippen molar-refractivity contribution in [2.24, 2.45) is 5.92 Å². The molecule has 0 bridgehead atoms. The molecule has 0 spiro atoms. The Balaban J connectivity index is 2.36. The van der Waals surface area contributed by atoms with Gasteiger partial charge < -0.3 is 15.5 Å². The third-order valence-electron chi connectivity index (χ3n) is 3.43. The summed E-state index contributed by atoms with van der Waals surface area (Å²) in [6.45, 7) is 9.00. The summed E-state index contributed by atoms with van der Waals surface area (Å²) in [6, 6.07) is 0.0549. The van der Waals surface area contributed by atoms with E-state index in [4.69, 9.17) is 0 Å². The van der Waals surface area contributed by atoms with Gasteiger partial charge in [-0.1, -0.05) is 20.3 Å². The number of hydrogen-bond acceptors (Lipinski definition) is 3. The van der Waals surface area contributed by atoms with Gasteiger partial charge >= 0.3 is 11.8 Å². The first-order valence-corrected chi connectivity index (χ1v) is 6.85. The van der Waals surface area contributed by atoms with Gasteiger partial charge in [-0.15, -0.1) is 0 Å². The largest absolute Gasteiger partial charge is 0.345 e. The van der Waals surface area contributed by atoms with Gasteiger partial charge in [0.15, 0.2) is 0 Å². The van der Waals surface area contributed by atoms with Gasteiger partial charge in [-0.2, -0.15) is 0 Å². The van der Waals surface area contributed by atoms with Crippen LogP contribution in [0.4, 0.5) is 0 Å². The van der Waals surface area contributed by atoms with Crippen LogP contribution in [-0.2, 0) is 9.59 Å². The number of carbonyl (C=O) groups excluding carboxylic acids is 2. The van der Waals surface area contributed by atoms with Crippen molar-refractivity contribution in [3.8, 4) is 0 Å². The minimum atomic E-state index is -0.465. The Kier molecular flexibility index (Phi) is 6.12. The number of nitrogens with one attached hydrogen (secondary N) is 2. The van der Waals surface area contributed by atoms with E-state index in [0.29, 0.717) is 19.0 Å². The molecule has 5 nitrogen and oxygen atoms in total. The molecule has 1 aliphatic heterocycles. The Labute approximate surface area is 109 Å². The molecule has 0 aromatic rings. The first-order valence-electron chi connectivity index (χ1n) is 6.85. The summed E-state index contributed by atoms with van der Waals surface area (Å²) in [4.78, 5) is 25.3. The highest BCUT2D eigenvalue weighted by Gasteiger charge is 2.24. The van der Waals surface area contributed by atoms with E-state index in [1.54, 1.807) is 4.90 Å². The lowest BCUT2D eigenvalue weighted by atomic mass is 10.0. The van der Waals surface area contributed by atoms with Crippen LogP contribution in [-0.4, -0.2) is 48.9 Å². The van der Waals surface area contributed by atoms with Gasteiger partial charge in [0, 0.05) is 32.2 Å². The van der Waals surface area contributed by atoms with Gasteiger partial charge in [-0.25, -0.2) is 0 Å². The van der Waals surface area contributed by atoms with Crippen LogP contribution in [0.25, 0.3) is 0 Å². The molecule has 0 radical (unpaired) electrons. The minimum absolute atomic E-state index is 0.0549. The summed E-state index contributed by atoms with van der Waals surface area (Å²) in [6.07, 6.45) is 2.00. The lowest BCUT2D eigenvalue weighted by Crippen LogP contribution is -2.52. The third-order valence-corrected chi connectivity index (χ3v) is 3.43. The summed E-state index contributed by atoms with van der Waals surface area (Å²) in [5.41, 5.74) is 0. The van der Waals surface area contributed by atoms with E-state index >= 15 is 0 Å². The van der Waals surface area contributed by atoms with E-state index in [2.05, 4.69) is 24.5 Å². The van der Waals surface area contributed by atoms with Gasteiger partial charge in [0.25, 0.3) is 0 Å². The summed E-state index contributed by atoms with van der Waals surface area (Å²) in [7, 11) is 0. The molecular formula is C13H25N3O2. The number of piperazine rings is 1. The molecule has 18 heavy (non-hydrogen) atoms. The van der Waals surface area contributed by atoms with Crippen LogP contribution in [0.2, 0.25) is 0 Å². The summed E-state index contributed by atoms with van der Waals surface area (Å²) < 4.78 is 0. The SMILES string of the molecule is CCC(C)CC(C)NC(=O)C(=O)N1CCNCC1. The van der Waals surface area contributed by atoms with E-state index in [1.807, 2.05) is 6.92 Å². The molecule has 2 N–H and O–H groups in total. The van der Waals surface area contributed by atoms with Crippen molar-refractivity contribution < 1.29 is 9.59 Å². The van der Waals surface area contributed by atoms with Crippen LogP contribution in [0, 0.1) is 5.92 Å². The zero-order chi connectivity index (χ0) is 13.5. The standard InChI is InChI=1S/C13H25N3O2/c1-4-10(2)9-11(3)15-12(17)13(18)16-7-5-14-6-8-16/h10-11,14H,4-9H2,1-3H3,(H,15,17). The molecular weight excluding hydrogens is 230 g/mol. The van der Waals surface area contributed by atoms with Crippen molar-refractivity contribution in [1.82, 2.24) is 15.5 Å². The average molecular weight is 255 g/mol. The number of rotatable bonds is 4. The summed E-state index contributed by atoms with van der Waals surface area (Å²) in [5.74, 6) is -0.296. The highest BCUT2D eigenvalue weighted by atomic mass is 16.2. The molecule has 1 rings (SSSR count). The predicted molar refractivity (Wildman–Crippen MR) is 71.1 cm³/mol. The van der Waals surface area contributed by atoms with E-state index in [0.717, 1.165) is 25.9 Å². The maximum Gasteiger partial charge on any atom is 0.311 e. The molecule has 1 saturated heterocycles. The molecule has 0 aromatic heterocycles. The van der Waals surface area contributed by atoms with Crippen molar-refractivity contribution in [3.05, 3.63) is 0 Å². The molecule has 104 valence electrons. The van der Waals surface area contributed by atoms with Gasteiger partial charge in [-0.3, -0.25) is 9.59 Å². The van der Waals surface area contributed by atoms with Crippen LogP contribution in [0.1, 0.15) is 33.6 Å². The monoisotopic (exact) mass is 255 g/mol. The van der Waals surface area contributed by atoms with E-state index < -0.39 is 11.8 Å². The zero-order valence-corrected chi connectivity index (χ0v) is 11.7. The molecule has 2 atom stereocenters. The fourth-order valence-corrected chi connectivity index (χ4v) is 2.13. The van der Waals surface area contributed by atoms with E-state index in [-0.39, 0.29) is 6.04 Å². The van der Waals surface area contributed by atoms with Crippen molar-refractivity contribution in [3.63, 3.8) is 0 Å². The van der Waals surface area contributed by atoms with Crippen LogP contribution in [0.15, 0.2) is 0 Å². The zero-order valence-electron chi connectivity index (χ0n) is 11.7.